The van der Waals surface area contributed by atoms with E-state index in [9.17, 15) is 8.42 Å². The Morgan fingerprint density at radius 1 is 1.24 bits per heavy atom. The van der Waals surface area contributed by atoms with Crippen LogP contribution in [0.5, 0.6) is 0 Å². The van der Waals surface area contributed by atoms with Crippen LogP contribution in [0.1, 0.15) is 33.2 Å². The summed E-state index contributed by atoms with van der Waals surface area (Å²) in [4.78, 5) is 0.232. The van der Waals surface area contributed by atoms with Crippen molar-refractivity contribution in [3.8, 4) is 11.3 Å². The highest BCUT2D eigenvalue weighted by Gasteiger charge is 2.23. The average Bonchev–Trinajstić information content (AvgIpc) is 2.92. The van der Waals surface area contributed by atoms with Crippen LogP contribution in [0, 0.1) is 0 Å². The van der Waals surface area contributed by atoms with Crippen LogP contribution in [0.4, 0.5) is 0 Å². The summed E-state index contributed by atoms with van der Waals surface area (Å²) < 4.78 is 29.2. The summed E-state index contributed by atoms with van der Waals surface area (Å²) in [6.07, 6.45) is 2.35. The Balaban J connectivity index is 2.54. The van der Waals surface area contributed by atoms with Gasteiger partial charge in [0.1, 0.15) is 10.6 Å². The van der Waals surface area contributed by atoms with E-state index in [0.717, 1.165) is 12.0 Å². The van der Waals surface area contributed by atoms with Crippen molar-refractivity contribution in [3.05, 3.63) is 36.5 Å². The number of hydrogen-bond donors (Lipinski definition) is 1. The fraction of sp³-hybridized carbons (Fsp3) is 0.400. The highest BCUT2D eigenvalue weighted by molar-refractivity contribution is 7.89. The first-order valence-electron chi connectivity index (χ1n) is 7.10. The van der Waals surface area contributed by atoms with Gasteiger partial charge in [0, 0.05) is 24.3 Å². The van der Waals surface area contributed by atoms with Gasteiger partial charge in [-0.15, -0.1) is 0 Å². The molecule has 0 amide bonds. The van der Waals surface area contributed by atoms with E-state index in [2.05, 4.69) is 9.82 Å². The van der Waals surface area contributed by atoms with Crippen molar-refractivity contribution in [1.82, 2.24) is 14.5 Å². The molecule has 0 saturated heterocycles. The molecule has 0 radical (unpaired) electrons. The summed E-state index contributed by atoms with van der Waals surface area (Å²) >= 11 is 0. The van der Waals surface area contributed by atoms with Crippen molar-refractivity contribution in [1.29, 1.82) is 0 Å². The molecule has 21 heavy (non-hydrogen) atoms. The molecule has 0 saturated carbocycles. The summed E-state index contributed by atoms with van der Waals surface area (Å²) in [6, 6.07) is 9.48. The zero-order valence-electron chi connectivity index (χ0n) is 12.6. The molecule has 0 atom stereocenters. The van der Waals surface area contributed by atoms with Gasteiger partial charge in [0.15, 0.2) is 0 Å². The highest BCUT2D eigenvalue weighted by atomic mass is 32.2. The summed E-state index contributed by atoms with van der Waals surface area (Å²) in [7, 11) is -3.55. The number of nitrogens with zero attached hydrogens (tertiary/aromatic N) is 2. The minimum absolute atomic E-state index is 0.0996. The SMILES string of the molecule is CCCNS(=O)(=O)c1cn(C(C)C)nc1-c1ccccc1. The van der Waals surface area contributed by atoms with Gasteiger partial charge < -0.3 is 0 Å². The van der Waals surface area contributed by atoms with E-state index in [1.54, 1.807) is 10.9 Å². The van der Waals surface area contributed by atoms with Crippen molar-refractivity contribution < 1.29 is 8.42 Å². The monoisotopic (exact) mass is 307 g/mol. The molecule has 0 aliphatic heterocycles. The molecule has 0 spiro atoms. The van der Waals surface area contributed by atoms with Gasteiger partial charge >= 0.3 is 0 Å². The van der Waals surface area contributed by atoms with E-state index in [-0.39, 0.29) is 10.9 Å². The van der Waals surface area contributed by atoms with E-state index < -0.39 is 10.0 Å². The van der Waals surface area contributed by atoms with Crippen LogP contribution in [0.2, 0.25) is 0 Å². The van der Waals surface area contributed by atoms with Crippen LogP contribution in [-0.2, 0) is 10.0 Å². The molecule has 1 heterocycles. The Hall–Kier alpha value is -1.66. The number of benzene rings is 1. The second-order valence-electron chi connectivity index (χ2n) is 5.18. The zero-order chi connectivity index (χ0) is 15.5. The number of hydrogen-bond acceptors (Lipinski definition) is 3. The average molecular weight is 307 g/mol. The topological polar surface area (TPSA) is 64.0 Å². The Kier molecular flexibility index (Phi) is 4.80. The second kappa shape index (κ2) is 6.41. The lowest BCUT2D eigenvalue weighted by Crippen LogP contribution is -2.24. The molecule has 6 heteroatoms. The molecule has 0 aliphatic carbocycles. The van der Waals surface area contributed by atoms with Crippen molar-refractivity contribution in [2.75, 3.05) is 6.54 Å². The zero-order valence-corrected chi connectivity index (χ0v) is 13.4. The Labute approximate surface area is 126 Å². The Bertz CT molecular complexity index is 691. The van der Waals surface area contributed by atoms with Crippen LogP contribution in [0.15, 0.2) is 41.4 Å². The van der Waals surface area contributed by atoms with Gasteiger partial charge in [0.05, 0.1) is 0 Å². The molecule has 114 valence electrons. The second-order valence-corrected chi connectivity index (χ2v) is 6.91. The summed E-state index contributed by atoms with van der Waals surface area (Å²) in [5.74, 6) is 0. The minimum Gasteiger partial charge on any atom is -0.268 e. The van der Waals surface area contributed by atoms with Gasteiger partial charge in [-0.2, -0.15) is 5.10 Å². The summed E-state index contributed by atoms with van der Waals surface area (Å²) in [6.45, 7) is 6.29. The molecule has 1 aromatic heterocycles. The van der Waals surface area contributed by atoms with Crippen LogP contribution < -0.4 is 4.72 Å². The molecule has 2 aromatic rings. The third-order valence-corrected chi connectivity index (χ3v) is 4.57. The lowest BCUT2D eigenvalue weighted by molar-refractivity contribution is 0.532. The van der Waals surface area contributed by atoms with Crippen LogP contribution in [0.25, 0.3) is 11.3 Å². The fourth-order valence-corrected chi connectivity index (χ4v) is 3.23. The molecule has 5 nitrogen and oxygen atoms in total. The first-order chi connectivity index (χ1) is 9.95. The van der Waals surface area contributed by atoms with Gasteiger partial charge in [0.2, 0.25) is 10.0 Å². The first kappa shape index (κ1) is 15.7. The van der Waals surface area contributed by atoms with Gasteiger partial charge in [0.25, 0.3) is 0 Å². The lowest BCUT2D eigenvalue weighted by atomic mass is 10.2. The lowest BCUT2D eigenvalue weighted by Gasteiger charge is -2.05. The predicted octanol–water partition coefficient (Wildman–Crippen LogP) is 2.82. The van der Waals surface area contributed by atoms with Crippen LogP contribution >= 0.6 is 0 Å². The van der Waals surface area contributed by atoms with Crippen LogP contribution in [-0.4, -0.2) is 24.7 Å². The highest BCUT2D eigenvalue weighted by Crippen LogP contribution is 2.26. The van der Waals surface area contributed by atoms with E-state index in [1.165, 1.54) is 0 Å². The number of nitrogens with one attached hydrogen (secondary N) is 1. The van der Waals surface area contributed by atoms with Crippen molar-refractivity contribution >= 4 is 10.0 Å². The first-order valence-corrected chi connectivity index (χ1v) is 8.58. The molecular weight excluding hydrogens is 286 g/mol. The Morgan fingerprint density at radius 2 is 1.90 bits per heavy atom. The van der Waals surface area contributed by atoms with Gasteiger partial charge in [-0.3, -0.25) is 4.68 Å². The standard InChI is InChI=1S/C15H21N3O2S/c1-4-10-16-21(19,20)14-11-18(12(2)3)17-15(14)13-8-6-5-7-9-13/h5-9,11-12,16H,4,10H2,1-3H3. The third kappa shape index (κ3) is 3.51. The van der Waals surface area contributed by atoms with Gasteiger partial charge in [-0.1, -0.05) is 37.3 Å². The molecule has 0 unspecified atom stereocenters. The largest absolute Gasteiger partial charge is 0.268 e. The summed E-state index contributed by atoms with van der Waals surface area (Å²) in [5, 5.41) is 4.45. The van der Waals surface area contributed by atoms with Crippen molar-refractivity contribution in [3.63, 3.8) is 0 Å². The van der Waals surface area contributed by atoms with Gasteiger partial charge in [-0.05, 0) is 20.3 Å². The van der Waals surface area contributed by atoms with E-state index in [0.29, 0.717) is 12.2 Å². The van der Waals surface area contributed by atoms with Crippen molar-refractivity contribution in [2.45, 2.75) is 38.1 Å². The molecule has 0 bridgehead atoms. The van der Waals surface area contributed by atoms with E-state index in [1.807, 2.05) is 51.1 Å². The smallest absolute Gasteiger partial charge is 0.244 e. The normalized spacial score (nSPS) is 12.0. The number of rotatable bonds is 6. The molecule has 1 N–H and O–H groups in total. The van der Waals surface area contributed by atoms with E-state index in [4.69, 9.17) is 0 Å². The Morgan fingerprint density at radius 3 is 2.48 bits per heavy atom. The van der Waals surface area contributed by atoms with Crippen LogP contribution in [0.3, 0.4) is 0 Å². The third-order valence-electron chi connectivity index (χ3n) is 3.11. The fourth-order valence-electron chi connectivity index (χ4n) is 1.95. The maximum atomic E-state index is 12.5. The van der Waals surface area contributed by atoms with Crippen molar-refractivity contribution in [2.24, 2.45) is 0 Å². The maximum absolute atomic E-state index is 12.5. The molecule has 0 aliphatic rings. The summed E-state index contributed by atoms with van der Waals surface area (Å²) in [5.41, 5.74) is 1.29. The van der Waals surface area contributed by atoms with E-state index >= 15 is 0 Å². The maximum Gasteiger partial charge on any atom is 0.244 e. The molecule has 2 rings (SSSR count). The quantitative estimate of drug-likeness (QED) is 0.892. The number of sulfonamides is 1. The van der Waals surface area contributed by atoms with Gasteiger partial charge in [-0.25, -0.2) is 13.1 Å². The predicted molar refractivity (Wildman–Crippen MR) is 83.5 cm³/mol. The minimum atomic E-state index is -3.55. The number of aromatic nitrogens is 2. The molecule has 1 aromatic carbocycles. The molecular formula is C15H21N3O2S. The molecule has 0 fully saturated rings.